The first-order chi connectivity index (χ1) is 11.6. The third-order valence-corrected chi connectivity index (χ3v) is 4.02. The van der Waals surface area contributed by atoms with Gasteiger partial charge < -0.3 is 19.5 Å². The van der Waals surface area contributed by atoms with Gasteiger partial charge in [0.1, 0.15) is 6.61 Å². The number of esters is 2. The van der Waals surface area contributed by atoms with E-state index in [1.165, 1.54) is 0 Å². The summed E-state index contributed by atoms with van der Waals surface area (Å²) in [4.78, 5) is 24.5. The van der Waals surface area contributed by atoms with Gasteiger partial charge in [0.25, 0.3) is 0 Å². The fourth-order valence-corrected chi connectivity index (χ4v) is 1.36. The maximum absolute atomic E-state index is 11.4. The van der Waals surface area contributed by atoms with Crippen molar-refractivity contribution in [2.75, 3.05) is 40.5 Å². The second-order valence-electron chi connectivity index (χ2n) is 7.08. The molecule has 0 spiro atoms. The summed E-state index contributed by atoms with van der Waals surface area (Å²) in [5.74, 6) is -0.230. The first-order valence-electron chi connectivity index (χ1n) is 9.21. The summed E-state index contributed by atoms with van der Waals surface area (Å²) < 4.78 is 10.1. The molecule has 0 amide bonds. The minimum Gasteiger partial charge on any atom is -0.465 e. The summed E-state index contributed by atoms with van der Waals surface area (Å²) in [5, 5.41) is 8.45. The second-order valence-corrected chi connectivity index (χ2v) is 7.08. The Morgan fingerprint density at radius 1 is 1.08 bits per heavy atom. The van der Waals surface area contributed by atoms with Crippen LogP contribution in [0.2, 0.25) is 0 Å². The van der Waals surface area contributed by atoms with E-state index in [0.717, 1.165) is 25.8 Å². The number of carbonyl (C=O) groups is 2. The lowest BCUT2D eigenvalue weighted by molar-refractivity contribution is -0.154. The maximum Gasteiger partial charge on any atom is 0.311 e. The quantitative estimate of drug-likeness (QED) is 0.450. The molecule has 0 rings (SSSR count). The number of carbonyl (C=O) groups excluding carboxylic acids is 2. The highest BCUT2D eigenvalue weighted by Gasteiger charge is 2.26. The lowest BCUT2D eigenvalue weighted by Crippen LogP contribution is -2.28. The molecule has 1 N–H and O–H groups in total. The molecule has 150 valence electrons. The minimum absolute atomic E-state index is 0.000809. The molecule has 0 aliphatic carbocycles. The van der Waals surface area contributed by atoms with E-state index in [4.69, 9.17) is 14.6 Å². The average molecular weight is 362 g/mol. The molecule has 0 saturated carbocycles. The fraction of sp³-hybridized carbons (Fsp3) is 0.895. The molecule has 25 heavy (non-hydrogen) atoms. The summed E-state index contributed by atoms with van der Waals surface area (Å²) in [6, 6.07) is 0. The van der Waals surface area contributed by atoms with Crippen LogP contribution in [0.3, 0.4) is 0 Å². The number of rotatable bonds is 11. The van der Waals surface area contributed by atoms with Gasteiger partial charge in [0.2, 0.25) is 0 Å². The number of hydrogen-bond acceptors (Lipinski definition) is 6. The van der Waals surface area contributed by atoms with Crippen molar-refractivity contribution >= 4 is 11.9 Å². The van der Waals surface area contributed by atoms with Crippen LogP contribution in [-0.2, 0) is 19.1 Å². The van der Waals surface area contributed by atoms with Crippen molar-refractivity contribution in [3.05, 3.63) is 0 Å². The van der Waals surface area contributed by atoms with Crippen molar-refractivity contribution < 1.29 is 24.2 Å². The third-order valence-electron chi connectivity index (χ3n) is 4.02. The van der Waals surface area contributed by atoms with Gasteiger partial charge in [0, 0.05) is 13.2 Å². The Morgan fingerprint density at radius 3 is 2.12 bits per heavy atom. The summed E-state index contributed by atoms with van der Waals surface area (Å²) >= 11 is 0. The van der Waals surface area contributed by atoms with E-state index in [2.05, 4.69) is 0 Å². The van der Waals surface area contributed by atoms with Crippen molar-refractivity contribution in [2.24, 2.45) is 11.3 Å². The van der Waals surface area contributed by atoms with E-state index in [1.54, 1.807) is 0 Å². The van der Waals surface area contributed by atoms with Crippen molar-refractivity contribution in [1.82, 2.24) is 4.90 Å². The Kier molecular flexibility index (Phi) is 15.8. The summed E-state index contributed by atoms with van der Waals surface area (Å²) in [5.41, 5.74) is -0.341. The second kappa shape index (κ2) is 15.1. The monoisotopic (exact) mass is 361 g/mol. The van der Waals surface area contributed by atoms with Crippen LogP contribution >= 0.6 is 0 Å². The number of ether oxygens (including phenoxy) is 2. The van der Waals surface area contributed by atoms with Crippen LogP contribution in [0, 0.1) is 11.3 Å². The topological polar surface area (TPSA) is 76.1 Å². The van der Waals surface area contributed by atoms with Gasteiger partial charge in [-0.15, -0.1) is 0 Å². The maximum atomic E-state index is 11.4. The van der Waals surface area contributed by atoms with E-state index in [1.807, 2.05) is 53.6 Å². The average Bonchev–Trinajstić information content (AvgIpc) is 2.57. The van der Waals surface area contributed by atoms with Crippen LogP contribution in [0.15, 0.2) is 0 Å². The Morgan fingerprint density at radius 2 is 1.68 bits per heavy atom. The molecule has 1 atom stereocenters. The molecular formula is C19H39NO5. The van der Waals surface area contributed by atoms with Gasteiger partial charge in [-0.1, -0.05) is 20.8 Å². The van der Waals surface area contributed by atoms with Gasteiger partial charge in [-0.2, -0.15) is 0 Å². The van der Waals surface area contributed by atoms with Gasteiger partial charge in [0.05, 0.1) is 17.9 Å². The Hall–Kier alpha value is -1.14. The Labute approximate surface area is 153 Å². The minimum atomic E-state index is -0.341. The molecule has 6 heteroatoms. The van der Waals surface area contributed by atoms with Gasteiger partial charge >= 0.3 is 11.9 Å². The molecular weight excluding hydrogens is 322 g/mol. The highest BCUT2D eigenvalue weighted by atomic mass is 16.5. The number of hydrogen-bond donors (Lipinski definition) is 1. The zero-order valence-corrected chi connectivity index (χ0v) is 17.3. The Balaban J connectivity index is 0. The van der Waals surface area contributed by atoms with Crippen LogP contribution in [0.4, 0.5) is 0 Å². The van der Waals surface area contributed by atoms with Gasteiger partial charge in [-0.25, -0.2) is 0 Å². The van der Waals surface area contributed by atoms with Crippen molar-refractivity contribution in [1.29, 1.82) is 0 Å². The highest BCUT2D eigenvalue weighted by molar-refractivity contribution is 5.75. The summed E-state index contributed by atoms with van der Waals surface area (Å²) in [6.07, 6.45) is 3.08. The molecule has 1 unspecified atom stereocenters. The van der Waals surface area contributed by atoms with Gasteiger partial charge in [-0.05, 0) is 53.6 Å². The zero-order valence-electron chi connectivity index (χ0n) is 17.3. The molecule has 0 aromatic heterocycles. The highest BCUT2D eigenvalue weighted by Crippen LogP contribution is 2.21. The lowest BCUT2D eigenvalue weighted by Gasteiger charge is -2.20. The van der Waals surface area contributed by atoms with Crippen LogP contribution in [0.25, 0.3) is 0 Å². The largest absolute Gasteiger partial charge is 0.465 e. The van der Waals surface area contributed by atoms with E-state index in [-0.39, 0.29) is 29.9 Å². The van der Waals surface area contributed by atoms with Gasteiger partial charge in [0.15, 0.2) is 0 Å². The molecule has 0 aliphatic heterocycles. The van der Waals surface area contributed by atoms with Crippen LogP contribution in [-0.4, -0.2) is 62.4 Å². The summed E-state index contributed by atoms with van der Waals surface area (Å²) in [6.45, 7) is 11.5. The van der Waals surface area contributed by atoms with Crippen LogP contribution < -0.4 is 0 Å². The molecule has 0 heterocycles. The van der Waals surface area contributed by atoms with E-state index < -0.39 is 0 Å². The number of aliphatic hydroxyl groups is 1. The van der Waals surface area contributed by atoms with E-state index in [0.29, 0.717) is 19.6 Å². The smallest absolute Gasteiger partial charge is 0.311 e. The fourth-order valence-electron chi connectivity index (χ4n) is 1.36. The molecule has 0 saturated heterocycles. The number of nitrogens with zero attached hydrogens (tertiary/aromatic N) is 1. The normalized spacial score (nSPS) is 12.2. The molecule has 0 aromatic carbocycles. The standard InChI is InChI=1S/C10H21NO2.C9H18O3/c1-6-10(2,3)9(12)13-8-7-11(4)5;1-3-8(2)9(11)12-7-5-4-6-10/h6-8H2,1-5H3;8,10H,3-7H2,1-2H3. The predicted octanol–water partition coefficient (Wildman–Crippen LogP) is 2.88. The van der Waals surface area contributed by atoms with Crippen molar-refractivity contribution in [2.45, 2.75) is 60.3 Å². The first-order valence-corrected chi connectivity index (χ1v) is 9.21. The molecule has 6 nitrogen and oxygen atoms in total. The Bertz CT molecular complexity index is 356. The van der Waals surface area contributed by atoms with E-state index in [9.17, 15) is 9.59 Å². The first kappa shape index (κ1) is 26.1. The molecule has 0 aliphatic rings. The number of aliphatic hydroxyl groups excluding tert-OH is 1. The zero-order chi connectivity index (χ0) is 19.9. The third kappa shape index (κ3) is 14.9. The molecule has 0 fully saturated rings. The van der Waals surface area contributed by atoms with Crippen molar-refractivity contribution in [3.63, 3.8) is 0 Å². The van der Waals surface area contributed by atoms with Gasteiger partial charge in [-0.3, -0.25) is 9.59 Å². The molecule has 0 bridgehead atoms. The lowest BCUT2D eigenvalue weighted by atomic mass is 9.91. The molecule has 0 radical (unpaired) electrons. The van der Waals surface area contributed by atoms with Crippen LogP contribution in [0.1, 0.15) is 60.3 Å². The predicted molar refractivity (Wildman–Crippen MR) is 100 cm³/mol. The molecule has 0 aromatic rings. The van der Waals surface area contributed by atoms with Crippen molar-refractivity contribution in [3.8, 4) is 0 Å². The van der Waals surface area contributed by atoms with Crippen LogP contribution in [0.5, 0.6) is 0 Å². The number of unbranched alkanes of at least 4 members (excludes halogenated alkanes) is 1. The van der Waals surface area contributed by atoms with E-state index >= 15 is 0 Å². The summed E-state index contributed by atoms with van der Waals surface area (Å²) in [7, 11) is 3.91. The number of likely N-dealkylation sites (N-methyl/N-ethyl adjacent to an activating group) is 1. The SMILES string of the molecule is CCC(C)(C)C(=O)OCCN(C)C.CCC(C)C(=O)OCCCCO.